The lowest BCUT2D eigenvalue weighted by Gasteiger charge is -2.14. The van der Waals surface area contributed by atoms with Crippen LogP contribution in [0.25, 0.3) is 0 Å². The van der Waals surface area contributed by atoms with Gasteiger partial charge in [0.05, 0.1) is 6.42 Å². The van der Waals surface area contributed by atoms with Crippen molar-refractivity contribution in [3.8, 4) is 0 Å². The van der Waals surface area contributed by atoms with E-state index in [2.05, 4.69) is 9.97 Å². The van der Waals surface area contributed by atoms with Crippen molar-refractivity contribution in [2.24, 2.45) is 0 Å². The van der Waals surface area contributed by atoms with Crippen LogP contribution < -0.4 is 4.90 Å². The summed E-state index contributed by atoms with van der Waals surface area (Å²) >= 11 is 5.90. The molecule has 0 atom stereocenters. The van der Waals surface area contributed by atoms with Crippen LogP contribution in [0.15, 0.2) is 6.33 Å². The van der Waals surface area contributed by atoms with Crippen LogP contribution in [-0.4, -0.2) is 21.9 Å². The van der Waals surface area contributed by atoms with Gasteiger partial charge in [0.25, 0.3) is 0 Å². The number of rotatable bonds is 1. The number of amides is 1. The summed E-state index contributed by atoms with van der Waals surface area (Å²) in [4.78, 5) is 21.4. The minimum Gasteiger partial charge on any atom is -0.293 e. The SMILES string of the molecule is O=C1Cc2c(Cl)ncnc2N1C1CC1. The summed E-state index contributed by atoms with van der Waals surface area (Å²) < 4.78 is 0. The van der Waals surface area contributed by atoms with Crippen molar-refractivity contribution in [1.29, 1.82) is 0 Å². The maximum Gasteiger partial charge on any atom is 0.233 e. The van der Waals surface area contributed by atoms with E-state index in [0.29, 0.717) is 17.6 Å². The van der Waals surface area contributed by atoms with Gasteiger partial charge in [-0.05, 0) is 12.8 Å². The second kappa shape index (κ2) is 2.67. The second-order valence-electron chi connectivity index (χ2n) is 3.64. The van der Waals surface area contributed by atoms with E-state index in [1.165, 1.54) is 6.33 Å². The lowest BCUT2D eigenvalue weighted by atomic mass is 10.3. The van der Waals surface area contributed by atoms with Crippen molar-refractivity contribution in [2.45, 2.75) is 25.3 Å². The van der Waals surface area contributed by atoms with Gasteiger partial charge >= 0.3 is 0 Å². The summed E-state index contributed by atoms with van der Waals surface area (Å²) in [6, 6.07) is 0.356. The van der Waals surface area contributed by atoms with Crippen LogP contribution in [0.4, 0.5) is 5.82 Å². The summed E-state index contributed by atoms with van der Waals surface area (Å²) in [5.74, 6) is 0.822. The first-order chi connectivity index (χ1) is 6.77. The monoisotopic (exact) mass is 209 g/mol. The molecule has 1 fully saturated rings. The highest BCUT2D eigenvalue weighted by Gasteiger charge is 2.40. The molecule has 5 heteroatoms. The molecule has 0 saturated heterocycles. The van der Waals surface area contributed by atoms with Gasteiger partial charge in [-0.1, -0.05) is 11.6 Å². The molecule has 0 N–H and O–H groups in total. The van der Waals surface area contributed by atoms with Gasteiger partial charge in [0.2, 0.25) is 5.91 Å². The van der Waals surface area contributed by atoms with Crippen molar-refractivity contribution >= 4 is 23.3 Å². The Morgan fingerprint density at radius 2 is 2.21 bits per heavy atom. The van der Waals surface area contributed by atoms with Gasteiger partial charge in [-0.15, -0.1) is 0 Å². The summed E-state index contributed by atoms with van der Waals surface area (Å²) in [6.07, 6.45) is 3.92. The fourth-order valence-electron chi connectivity index (χ4n) is 1.81. The van der Waals surface area contributed by atoms with E-state index in [9.17, 15) is 4.79 Å². The normalized spacial score (nSPS) is 20.1. The van der Waals surface area contributed by atoms with E-state index in [0.717, 1.165) is 24.2 Å². The molecule has 1 aliphatic heterocycles. The molecule has 1 aromatic heterocycles. The van der Waals surface area contributed by atoms with Gasteiger partial charge in [-0.3, -0.25) is 9.69 Å². The first-order valence-corrected chi connectivity index (χ1v) is 4.96. The summed E-state index contributed by atoms with van der Waals surface area (Å²) in [5.41, 5.74) is 0.783. The molecule has 0 radical (unpaired) electrons. The lowest BCUT2D eigenvalue weighted by molar-refractivity contribution is -0.117. The predicted molar refractivity (Wildman–Crippen MR) is 51.3 cm³/mol. The highest BCUT2D eigenvalue weighted by Crippen LogP contribution is 2.38. The molecule has 2 aliphatic rings. The third kappa shape index (κ3) is 1.04. The molecule has 0 spiro atoms. The first kappa shape index (κ1) is 8.17. The molecule has 0 bridgehead atoms. The molecule has 0 aromatic carbocycles. The quantitative estimate of drug-likeness (QED) is 0.653. The molecule has 1 amide bonds. The Morgan fingerprint density at radius 1 is 1.43 bits per heavy atom. The zero-order valence-electron chi connectivity index (χ0n) is 7.40. The van der Waals surface area contributed by atoms with Crippen molar-refractivity contribution in [1.82, 2.24) is 9.97 Å². The number of aromatic nitrogens is 2. The van der Waals surface area contributed by atoms with E-state index in [-0.39, 0.29) is 5.91 Å². The largest absolute Gasteiger partial charge is 0.293 e. The molecule has 4 nitrogen and oxygen atoms in total. The Balaban J connectivity index is 2.12. The number of anilines is 1. The fraction of sp³-hybridized carbons (Fsp3) is 0.444. The van der Waals surface area contributed by atoms with E-state index in [4.69, 9.17) is 11.6 Å². The average molecular weight is 210 g/mol. The number of carbonyl (C=O) groups is 1. The van der Waals surface area contributed by atoms with Gasteiger partial charge in [-0.2, -0.15) is 0 Å². The third-order valence-electron chi connectivity index (χ3n) is 2.61. The van der Waals surface area contributed by atoms with Crippen molar-refractivity contribution in [2.75, 3.05) is 4.90 Å². The number of carbonyl (C=O) groups excluding carboxylic acids is 1. The fourth-order valence-corrected chi connectivity index (χ4v) is 2.00. The standard InChI is InChI=1S/C9H8ClN3O/c10-8-6-3-7(14)13(5-1-2-5)9(6)12-4-11-8/h4-5H,1-3H2. The predicted octanol–water partition coefficient (Wildman–Crippen LogP) is 1.18. The minimum atomic E-state index is 0.102. The Kier molecular flexibility index (Phi) is 1.56. The summed E-state index contributed by atoms with van der Waals surface area (Å²) in [5, 5.41) is 0.409. The van der Waals surface area contributed by atoms with Gasteiger partial charge in [-0.25, -0.2) is 9.97 Å². The number of halogens is 1. The summed E-state index contributed by atoms with van der Waals surface area (Å²) in [7, 11) is 0. The van der Waals surface area contributed by atoms with Crippen molar-refractivity contribution in [3.63, 3.8) is 0 Å². The zero-order chi connectivity index (χ0) is 9.71. The lowest BCUT2D eigenvalue weighted by Crippen LogP contribution is -2.29. The van der Waals surface area contributed by atoms with Crippen LogP contribution in [0.1, 0.15) is 18.4 Å². The van der Waals surface area contributed by atoms with Gasteiger partial charge in [0.15, 0.2) is 0 Å². The molecule has 0 unspecified atom stereocenters. The smallest absolute Gasteiger partial charge is 0.233 e. The Bertz CT molecular complexity index is 417. The molecule has 14 heavy (non-hydrogen) atoms. The van der Waals surface area contributed by atoms with Crippen LogP contribution in [0.5, 0.6) is 0 Å². The molecule has 72 valence electrons. The van der Waals surface area contributed by atoms with Gasteiger partial charge < -0.3 is 0 Å². The average Bonchev–Trinajstić information content (AvgIpc) is 2.91. The molecule has 1 aliphatic carbocycles. The maximum atomic E-state index is 11.7. The van der Waals surface area contributed by atoms with E-state index in [1.54, 1.807) is 4.90 Å². The van der Waals surface area contributed by atoms with Crippen LogP contribution in [0.3, 0.4) is 0 Å². The molecular weight excluding hydrogens is 202 g/mol. The maximum absolute atomic E-state index is 11.7. The number of nitrogens with zero attached hydrogens (tertiary/aromatic N) is 3. The third-order valence-corrected chi connectivity index (χ3v) is 2.93. The van der Waals surface area contributed by atoms with Crippen molar-refractivity contribution < 1.29 is 4.79 Å². The first-order valence-electron chi connectivity index (χ1n) is 4.59. The second-order valence-corrected chi connectivity index (χ2v) is 4.00. The van der Waals surface area contributed by atoms with Crippen LogP contribution in [0.2, 0.25) is 5.15 Å². The molecule has 1 aromatic rings. The highest BCUT2D eigenvalue weighted by atomic mass is 35.5. The van der Waals surface area contributed by atoms with Crippen molar-refractivity contribution in [3.05, 3.63) is 17.0 Å². The summed E-state index contributed by atoms with van der Waals surface area (Å²) in [6.45, 7) is 0. The minimum absolute atomic E-state index is 0.102. The number of hydrogen-bond acceptors (Lipinski definition) is 3. The Hall–Kier alpha value is -1.16. The zero-order valence-corrected chi connectivity index (χ0v) is 8.16. The van der Waals surface area contributed by atoms with Crippen LogP contribution in [-0.2, 0) is 11.2 Å². The van der Waals surface area contributed by atoms with Gasteiger partial charge in [0.1, 0.15) is 17.3 Å². The molecule has 1 saturated carbocycles. The topological polar surface area (TPSA) is 46.1 Å². The van der Waals surface area contributed by atoms with Crippen LogP contribution in [0, 0.1) is 0 Å². The molecule has 3 rings (SSSR count). The molecule has 2 heterocycles. The molecular formula is C9H8ClN3O. The van der Waals surface area contributed by atoms with E-state index >= 15 is 0 Å². The highest BCUT2D eigenvalue weighted by molar-refractivity contribution is 6.31. The Morgan fingerprint density at radius 3 is 2.93 bits per heavy atom. The van der Waals surface area contributed by atoms with Gasteiger partial charge in [0, 0.05) is 11.6 Å². The van der Waals surface area contributed by atoms with E-state index < -0.39 is 0 Å². The van der Waals surface area contributed by atoms with E-state index in [1.807, 2.05) is 0 Å². The Labute approximate surface area is 85.9 Å². The number of fused-ring (bicyclic) bond motifs is 1. The number of hydrogen-bond donors (Lipinski definition) is 0. The van der Waals surface area contributed by atoms with Crippen LogP contribution >= 0.6 is 11.6 Å².